The maximum absolute atomic E-state index is 9.00. The Morgan fingerprint density at radius 2 is 2.25 bits per heavy atom. The Labute approximate surface area is 78.5 Å². The van der Waals surface area contributed by atoms with E-state index in [2.05, 4.69) is 20.9 Å². The molecule has 1 heterocycles. The summed E-state index contributed by atoms with van der Waals surface area (Å²) < 4.78 is 0.847. The molecule has 0 aliphatic rings. The number of pyridine rings is 1. The van der Waals surface area contributed by atoms with Gasteiger partial charge in [0.15, 0.2) is 0 Å². The predicted octanol–water partition coefficient (Wildman–Crippen LogP) is 1.52. The van der Waals surface area contributed by atoms with Crippen LogP contribution in [0.3, 0.4) is 0 Å². The van der Waals surface area contributed by atoms with Gasteiger partial charge in [-0.05, 0) is 28.1 Å². The summed E-state index contributed by atoms with van der Waals surface area (Å²) in [7, 11) is 0. The largest absolute Gasteiger partial charge is 0.481 e. The summed E-state index contributed by atoms with van der Waals surface area (Å²) in [5.74, 6) is -0.299. The molecule has 3 N–H and O–H groups in total. The number of aliphatic carboxylic acids is 1. The molecule has 12 heavy (non-hydrogen) atoms. The smallest absolute Gasteiger partial charge is 0.300 e. The first-order valence-electron chi connectivity index (χ1n) is 3.09. The Morgan fingerprint density at radius 3 is 2.50 bits per heavy atom. The highest BCUT2D eigenvalue weighted by Crippen LogP contribution is 2.13. The zero-order valence-corrected chi connectivity index (χ0v) is 8.08. The van der Waals surface area contributed by atoms with Crippen LogP contribution in [0.5, 0.6) is 0 Å². The number of halogens is 1. The van der Waals surface area contributed by atoms with Crippen molar-refractivity contribution >= 4 is 27.7 Å². The summed E-state index contributed by atoms with van der Waals surface area (Å²) in [6.45, 7) is 1.08. The number of hydrogen-bond acceptors (Lipinski definition) is 3. The van der Waals surface area contributed by atoms with Gasteiger partial charge in [0, 0.05) is 13.1 Å². The van der Waals surface area contributed by atoms with Crippen LogP contribution in [-0.4, -0.2) is 16.1 Å². The van der Waals surface area contributed by atoms with Crippen LogP contribution in [0.15, 0.2) is 22.8 Å². The zero-order valence-electron chi connectivity index (χ0n) is 6.49. The lowest BCUT2D eigenvalue weighted by Gasteiger charge is -1.90. The molecule has 0 amide bonds. The third-order valence-corrected chi connectivity index (χ3v) is 1.46. The first-order chi connectivity index (χ1) is 5.54. The van der Waals surface area contributed by atoms with Gasteiger partial charge >= 0.3 is 0 Å². The minimum absolute atomic E-state index is 0.535. The van der Waals surface area contributed by atoms with Gasteiger partial charge in [0.1, 0.15) is 5.82 Å². The van der Waals surface area contributed by atoms with Gasteiger partial charge < -0.3 is 10.8 Å². The molecular weight excluding hydrogens is 224 g/mol. The van der Waals surface area contributed by atoms with Crippen molar-refractivity contribution in [2.45, 2.75) is 6.92 Å². The molecule has 4 nitrogen and oxygen atoms in total. The molecule has 0 aliphatic carbocycles. The average Bonchev–Trinajstić information content (AvgIpc) is 1.94. The van der Waals surface area contributed by atoms with Crippen molar-refractivity contribution in [3.63, 3.8) is 0 Å². The molecule has 0 saturated heterocycles. The maximum atomic E-state index is 9.00. The summed E-state index contributed by atoms with van der Waals surface area (Å²) in [6, 6.07) is 3.67. The van der Waals surface area contributed by atoms with Crippen LogP contribution < -0.4 is 5.73 Å². The summed E-state index contributed by atoms with van der Waals surface area (Å²) in [6.07, 6.45) is 1.65. The first-order valence-corrected chi connectivity index (χ1v) is 3.89. The van der Waals surface area contributed by atoms with E-state index in [0.29, 0.717) is 5.82 Å². The van der Waals surface area contributed by atoms with Gasteiger partial charge in [0.25, 0.3) is 5.97 Å². The molecule has 0 unspecified atom stereocenters. The fourth-order valence-corrected chi connectivity index (χ4v) is 0.653. The third kappa shape index (κ3) is 5.67. The third-order valence-electron chi connectivity index (χ3n) is 0.787. The fourth-order valence-electron chi connectivity index (χ4n) is 0.398. The van der Waals surface area contributed by atoms with Crippen LogP contribution in [0.4, 0.5) is 5.82 Å². The SMILES string of the molecule is CC(=O)O.Nc1ncccc1Br. The molecule has 0 atom stereocenters. The van der Waals surface area contributed by atoms with Gasteiger partial charge in [-0.15, -0.1) is 0 Å². The number of nitrogen functional groups attached to an aromatic ring is 1. The van der Waals surface area contributed by atoms with Gasteiger partial charge in [0.2, 0.25) is 0 Å². The van der Waals surface area contributed by atoms with Crippen LogP contribution in [0.2, 0.25) is 0 Å². The summed E-state index contributed by atoms with van der Waals surface area (Å²) in [5, 5.41) is 7.42. The van der Waals surface area contributed by atoms with Gasteiger partial charge in [-0.25, -0.2) is 4.98 Å². The van der Waals surface area contributed by atoms with Crippen molar-refractivity contribution in [3.8, 4) is 0 Å². The number of nitrogens with two attached hydrogens (primary N) is 1. The normalized spacial score (nSPS) is 8.17. The molecule has 0 saturated carbocycles. The van der Waals surface area contributed by atoms with E-state index in [1.165, 1.54) is 0 Å². The Hall–Kier alpha value is -1.10. The number of carboxylic acids is 1. The highest BCUT2D eigenvalue weighted by molar-refractivity contribution is 9.10. The van der Waals surface area contributed by atoms with E-state index in [-0.39, 0.29) is 0 Å². The zero-order chi connectivity index (χ0) is 9.56. The van der Waals surface area contributed by atoms with E-state index >= 15 is 0 Å². The van der Waals surface area contributed by atoms with Crippen molar-refractivity contribution in [1.82, 2.24) is 4.98 Å². The topological polar surface area (TPSA) is 76.2 Å². The average molecular weight is 233 g/mol. The Balaban J connectivity index is 0.000000261. The second-order valence-electron chi connectivity index (χ2n) is 1.89. The number of aromatic nitrogens is 1. The monoisotopic (exact) mass is 232 g/mol. The van der Waals surface area contributed by atoms with Crippen LogP contribution in [0, 0.1) is 0 Å². The minimum Gasteiger partial charge on any atom is -0.481 e. The standard InChI is InChI=1S/C5H5BrN2.C2H4O2/c6-4-2-1-3-8-5(4)7;1-2(3)4/h1-3H,(H2,7,8);1H3,(H,3,4). The highest BCUT2D eigenvalue weighted by Gasteiger charge is 1.88. The van der Waals surface area contributed by atoms with Gasteiger partial charge in [-0.3, -0.25) is 4.79 Å². The van der Waals surface area contributed by atoms with E-state index in [9.17, 15) is 0 Å². The second kappa shape index (κ2) is 5.54. The molecule has 0 spiro atoms. The predicted molar refractivity (Wildman–Crippen MR) is 49.7 cm³/mol. The van der Waals surface area contributed by atoms with Crippen molar-refractivity contribution in [3.05, 3.63) is 22.8 Å². The molecule has 0 radical (unpaired) electrons. The number of anilines is 1. The number of carboxylic acid groups (broad SMARTS) is 1. The Morgan fingerprint density at radius 1 is 1.75 bits per heavy atom. The lowest BCUT2D eigenvalue weighted by atomic mass is 10.5. The number of rotatable bonds is 0. The lowest BCUT2D eigenvalue weighted by Crippen LogP contribution is -1.88. The molecule has 0 aromatic carbocycles. The Bertz CT molecular complexity index is 240. The molecule has 1 rings (SSSR count). The van der Waals surface area contributed by atoms with Crippen LogP contribution >= 0.6 is 15.9 Å². The van der Waals surface area contributed by atoms with Crippen molar-refractivity contribution < 1.29 is 9.90 Å². The molecule has 0 bridgehead atoms. The summed E-state index contributed by atoms with van der Waals surface area (Å²) in [4.78, 5) is 12.8. The van der Waals surface area contributed by atoms with Crippen LogP contribution in [0.1, 0.15) is 6.92 Å². The second-order valence-corrected chi connectivity index (χ2v) is 2.74. The van der Waals surface area contributed by atoms with Crippen LogP contribution in [-0.2, 0) is 4.79 Å². The molecule has 5 heteroatoms. The molecule has 66 valence electrons. The van der Waals surface area contributed by atoms with Crippen molar-refractivity contribution in [1.29, 1.82) is 0 Å². The number of nitrogens with zero attached hydrogens (tertiary/aromatic N) is 1. The van der Waals surface area contributed by atoms with Gasteiger partial charge in [-0.2, -0.15) is 0 Å². The molecular formula is C7H9BrN2O2. The lowest BCUT2D eigenvalue weighted by molar-refractivity contribution is -0.134. The van der Waals surface area contributed by atoms with E-state index in [4.69, 9.17) is 15.6 Å². The number of hydrogen-bond donors (Lipinski definition) is 2. The molecule has 0 aliphatic heterocycles. The van der Waals surface area contributed by atoms with Crippen molar-refractivity contribution in [2.24, 2.45) is 0 Å². The van der Waals surface area contributed by atoms with Gasteiger partial charge in [0.05, 0.1) is 4.47 Å². The fraction of sp³-hybridized carbons (Fsp3) is 0.143. The number of carbonyl (C=O) groups is 1. The molecule has 0 fully saturated rings. The first kappa shape index (κ1) is 10.9. The quantitative estimate of drug-likeness (QED) is 0.712. The van der Waals surface area contributed by atoms with E-state index in [1.54, 1.807) is 6.20 Å². The van der Waals surface area contributed by atoms with E-state index in [0.717, 1.165) is 11.4 Å². The highest BCUT2D eigenvalue weighted by atomic mass is 79.9. The maximum Gasteiger partial charge on any atom is 0.300 e. The summed E-state index contributed by atoms with van der Waals surface area (Å²) in [5.41, 5.74) is 5.36. The molecule has 1 aromatic heterocycles. The summed E-state index contributed by atoms with van der Waals surface area (Å²) >= 11 is 3.21. The minimum atomic E-state index is -0.833. The van der Waals surface area contributed by atoms with E-state index in [1.807, 2.05) is 12.1 Å². The van der Waals surface area contributed by atoms with Gasteiger partial charge in [-0.1, -0.05) is 0 Å². The Kier molecular flexibility index (Phi) is 5.03. The van der Waals surface area contributed by atoms with E-state index < -0.39 is 5.97 Å². The molecule has 1 aromatic rings. The van der Waals surface area contributed by atoms with Crippen molar-refractivity contribution in [2.75, 3.05) is 5.73 Å². The van der Waals surface area contributed by atoms with Crippen LogP contribution in [0.25, 0.3) is 0 Å².